The third-order valence-corrected chi connectivity index (χ3v) is 2.28. The van der Waals surface area contributed by atoms with Gasteiger partial charge >= 0.3 is 0 Å². The number of fused-ring (bicyclic) bond motifs is 1. The SMILES string of the molecule is [B]c1c(O)c(O)c(O)c2cc(C(C)=O)oc12. The molecule has 0 fully saturated rings. The zero-order chi connectivity index (χ0) is 12.0. The van der Waals surface area contributed by atoms with E-state index in [1.54, 1.807) is 0 Å². The minimum absolute atomic E-state index is 0.0120. The largest absolute Gasteiger partial charge is 0.504 e. The Balaban J connectivity index is 2.92. The maximum atomic E-state index is 11.1. The van der Waals surface area contributed by atoms with E-state index in [2.05, 4.69) is 0 Å². The van der Waals surface area contributed by atoms with E-state index in [0.29, 0.717) is 0 Å². The molecule has 1 aromatic heterocycles. The van der Waals surface area contributed by atoms with Gasteiger partial charge in [-0.3, -0.25) is 4.79 Å². The molecular weight excluding hydrogens is 211 g/mol. The van der Waals surface area contributed by atoms with Crippen molar-refractivity contribution in [2.45, 2.75) is 6.92 Å². The molecule has 0 saturated carbocycles. The van der Waals surface area contributed by atoms with Crippen molar-refractivity contribution < 1.29 is 24.5 Å². The van der Waals surface area contributed by atoms with Gasteiger partial charge in [-0.1, -0.05) is 0 Å². The van der Waals surface area contributed by atoms with Crippen molar-refractivity contribution in [3.05, 3.63) is 11.8 Å². The molecule has 16 heavy (non-hydrogen) atoms. The molecule has 3 N–H and O–H groups in total. The molecule has 0 aliphatic carbocycles. The van der Waals surface area contributed by atoms with Crippen LogP contribution in [0.1, 0.15) is 17.5 Å². The highest BCUT2D eigenvalue weighted by molar-refractivity contribution is 6.40. The molecule has 0 aliphatic rings. The summed E-state index contributed by atoms with van der Waals surface area (Å²) in [5.41, 5.74) is -0.254. The Morgan fingerprint density at radius 1 is 1.25 bits per heavy atom. The molecule has 1 aromatic carbocycles. The number of carbonyl (C=O) groups is 1. The molecule has 0 unspecified atom stereocenters. The number of Topliss-reactive ketones (excluding diaryl/α,β-unsaturated/α-hetero) is 1. The Hall–Kier alpha value is -2.11. The Morgan fingerprint density at radius 2 is 1.88 bits per heavy atom. The van der Waals surface area contributed by atoms with Crippen LogP contribution in [0.2, 0.25) is 0 Å². The number of furan rings is 1. The number of benzene rings is 1. The zero-order valence-electron chi connectivity index (χ0n) is 8.31. The maximum Gasteiger partial charge on any atom is 0.200 e. The minimum atomic E-state index is -0.735. The normalized spacial score (nSPS) is 10.8. The second kappa shape index (κ2) is 3.20. The minimum Gasteiger partial charge on any atom is -0.504 e. The number of carbonyl (C=O) groups excluding carboxylic acids is 1. The number of rotatable bonds is 1. The lowest BCUT2D eigenvalue weighted by Crippen LogP contribution is -2.03. The lowest BCUT2D eigenvalue weighted by atomic mass is 9.92. The number of phenols is 3. The molecule has 80 valence electrons. The molecule has 0 atom stereocenters. The Kier molecular flexibility index (Phi) is 2.08. The fraction of sp³-hybridized carbons (Fsp3) is 0.100. The number of hydrogen-bond acceptors (Lipinski definition) is 5. The van der Waals surface area contributed by atoms with E-state index in [9.17, 15) is 20.1 Å². The lowest BCUT2D eigenvalue weighted by Gasteiger charge is -2.05. The predicted molar refractivity (Wildman–Crippen MR) is 56.6 cm³/mol. The second-order valence-corrected chi connectivity index (χ2v) is 3.37. The van der Waals surface area contributed by atoms with Gasteiger partial charge in [-0.15, -0.1) is 0 Å². The van der Waals surface area contributed by atoms with Crippen LogP contribution in [0.5, 0.6) is 17.2 Å². The molecule has 6 heteroatoms. The summed E-state index contributed by atoms with van der Waals surface area (Å²) in [5.74, 6) is -2.34. The van der Waals surface area contributed by atoms with Crippen molar-refractivity contribution >= 4 is 30.1 Å². The standard InChI is InChI=1S/C10H7BO5/c1-3(12)5-2-4-7(13)9(15)8(14)6(11)10(4)16-5/h2,13-15H,1H3. The fourth-order valence-electron chi connectivity index (χ4n) is 1.42. The first-order valence-electron chi connectivity index (χ1n) is 4.40. The molecule has 1 heterocycles. The lowest BCUT2D eigenvalue weighted by molar-refractivity contribution is 0.0989. The van der Waals surface area contributed by atoms with E-state index < -0.39 is 17.2 Å². The van der Waals surface area contributed by atoms with E-state index in [1.807, 2.05) is 0 Å². The predicted octanol–water partition coefficient (Wildman–Crippen LogP) is 0.546. The maximum absolute atomic E-state index is 11.1. The first kappa shape index (κ1) is 10.4. The summed E-state index contributed by atoms with van der Waals surface area (Å²) in [6, 6.07) is 1.25. The highest BCUT2D eigenvalue weighted by Crippen LogP contribution is 2.40. The molecule has 0 saturated heterocycles. The number of phenolic OH excluding ortho intramolecular Hbond substituents is 3. The van der Waals surface area contributed by atoms with Gasteiger partial charge in [0, 0.05) is 6.92 Å². The molecule has 0 aliphatic heterocycles. The summed E-state index contributed by atoms with van der Waals surface area (Å²) in [4.78, 5) is 11.1. The van der Waals surface area contributed by atoms with Crippen molar-refractivity contribution in [3.8, 4) is 17.2 Å². The average molecular weight is 218 g/mol. The Bertz CT molecular complexity index is 554. The van der Waals surface area contributed by atoms with Gasteiger partial charge in [0.1, 0.15) is 13.4 Å². The van der Waals surface area contributed by atoms with Crippen LogP contribution in [-0.4, -0.2) is 28.9 Å². The van der Waals surface area contributed by atoms with Crippen LogP contribution in [0.25, 0.3) is 11.0 Å². The molecule has 2 rings (SSSR count). The quantitative estimate of drug-likeness (QED) is 0.369. The molecule has 5 nitrogen and oxygen atoms in total. The molecule has 2 aromatic rings. The highest BCUT2D eigenvalue weighted by atomic mass is 16.4. The topological polar surface area (TPSA) is 90.9 Å². The van der Waals surface area contributed by atoms with Crippen LogP contribution in [-0.2, 0) is 0 Å². The summed E-state index contributed by atoms with van der Waals surface area (Å²) < 4.78 is 5.07. The van der Waals surface area contributed by atoms with Gasteiger partial charge in [0.25, 0.3) is 0 Å². The number of ketones is 1. The Labute approximate surface area is 91.3 Å². The van der Waals surface area contributed by atoms with Crippen LogP contribution >= 0.6 is 0 Å². The van der Waals surface area contributed by atoms with Crippen LogP contribution in [0.4, 0.5) is 0 Å². The zero-order valence-corrected chi connectivity index (χ0v) is 8.31. The van der Waals surface area contributed by atoms with E-state index in [-0.39, 0.29) is 28.0 Å². The molecule has 2 radical (unpaired) electrons. The van der Waals surface area contributed by atoms with Crippen molar-refractivity contribution in [2.24, 2.45) is 0 Å². The van der Waals surface area contributed by atoms with Gasteiger partial charge in [0.15, 0.2) is 23.0 Å². The van der Waals surface area contributed by atoms with Gasteiger partial charge in [-0.05, 0) is 11.5 Å². The summed E-state index contributed by atoms with van der Waals surface area (Å²) in [7, 11) is 5.48. The first-order valence-corrected chi connectivity index (χ1v) is 4.40. The summed E-state index contributed by atoms with van der Waals surface area (Å²) in [5, 5.41) is 28.3. The fourth-order valence-corrected chi connectivity index (χ4v) is 1.42. The van der Waals surface area contributed by atoms with Crippen molar-refractivity contribution in [1.82, 2.24) is 0 Å². The van der Waals surface area contributed by atoms with Gasteiger partial charge in [0.2, 0.25) is 5.75 Å². The molecule has 0 spiro atoms. The van der Waals surface area contributed by atoms with Gasteiger partial charge in [-0.2, -0.15) is 0 Å². The van der Waals surface area contributed by atoms with Gasteiger partial charge in [0.05, 0.1) is 5.39 Å². The average Bonchev–Trinajstić information content (AvgIpc) is 2.68. The molecule has 0 bridgehead atoms. The van der Waals surface area contributed by atoms with E-state index in [0.717, 1.165) is 0 Å². The third-order valence-electron chi connectivity index (χ3n) is 2.28. The van der Waals surface area contributed by atoms with E-state index in [1.165, 1.54) is 13.0 Å². The second-order valence-electron chi connectivity index (χ2n) is 3.37. The first-order chi connectivity index (χ1) is 7.43. The third kappa shape index (κ3) is 1.23. The summed E-state index contributed by atoms with van der Waals surface area (Å²) in [6.07, 6.45) is 0. The van der Waals surface area contributed by atoms with Gasteiger partial charge < -0.3 is 19.7 Å². The highest BCUT2D eigenvalue weighted by Gasteiger charge is 2.20. The van der Waals surface area contributed by atoms with Gasteiger partial charge in [-0.25, -0.2) is 0 Å². The van der Waals surface area contributed by atoms with E-state index in [4.69, 9.17) is 12.3 Å². The van der Waals surface area contributed by atoms with Crippen LogP contribution in [0.15, 0.2) is 10.5 Å². The molecule has 0 amide bonds. The van der Waals surface area contributed by atoms with Crippen molar-refractivity contribution in [2.75, 3.05) is 0 Å². The number of aromatic hydroxyl groups is 3. The Morgan fingerprint density at radius 3 is 2.44 bits per heavy atom. The van der Waals surface area contributed by atoms with Crippen molar-refractivity contribution in [1.29, 1.82) is 0 Å². The monoisotopic (exact) mass is 218 g/mol. The summed E-state index contributed by atoms with van der Waals surface area (Å²) >= 11 is 0. The summed E-state index contributed by atoms with van der Waals surface area (Å²) in [6.45, 7) is 1.28. The van der Waals surface area contributed by atoms with Crippen LogP contribution in [0.3, 0.4) is 0 Å². The molecular formula is C10H7BO5. The van der Waals surface area contributed by atoms with Crippen LogP contribution < -0.4 is 5.46 Å². The van der Waals surface area contributed by atoms with Crippen molar-refractivity contribution in [3.63, 3.8) is 0 Å². The van der Waals surface area contributed by atoms with E-state index >= 15 is 0 Å². The smallest absolute Gasteiger partial charge is 0.200 e. The van der Waals surface area contributed by atoms with Crippen LogP contribution in [0, 0.1) is 0 Å². The number of hydrogen-bond donors (Lipinski definition) is 3.